The average molecular weight is 412 g/mol. The van der Waals surface area contributed by atoms with Crippen LogP contribution in [0.2, 0.25) is 0 Å². The standard InChI is InChI=1S/C22H21FN2O5/c1-13(2)28-20-10-15(8-9-19(20)29-14(3)23)21-24-16(12-27-21)11-25-22(26)17-6-4-5-7-18(17)30-25/h4-10,12-14H,11H2,1-3H3. The lowest BCUT2D eigenvalue weighted by molar-refractivity contribution is 0.0796. The Labute approximate surface area is 171 Å². The Morgan fingerprint density at radius 2 is 1.90 bits per heavy atom. The Morgan fingerprint density at radius 1 is 1.10 bits per heavy atom. The summed E-state index contributed by atoms with van der Waals surface area (Å²) < 4.78 is 36.6. The first-order chi connectivity index (χ1) is 14.4. The molecule has 1 unspecified atom stereocenters. The van der Waals surface area contributed by atoms with Gasteiger partial charge in [0.15, 0.2) is 17.1 Å². The fourth-order valence-corrected chi connectivity index (χ4v) is 3.04. The topological polar surface area (TPSA) is 79.6 Å². The van der Waals surface area contributed by atoms with E-state index < -0.39 is 6.36 Å². The number of oxazole rings is 1. The summed E-state index contributed by atoms with van der Waals surface area (Å²) in [6.07, 6.45) is -0.134. The first-order valence-electron chi connectivity index (χ1n) is 9.56. The minimum absolute atomic E-state index is 0.127. The number of aromatic nitrogens is 2. The second-order valence-electron chi connectivity index (χ2n) is 7.06. The number of fused-ring (bicyclic) bond motifs is 1. The molecule has 0 bridgehead atoms. The predicted molar refractivity (Wildman–Crippen MR) is 108 cm³/mol. The largest absolute Gasteiger partial charge is 0.487 e. The maximum absolute atomic E-state index is 13.3. The number of alkyl halides is 1. The highest BCUT2D eigenvalue weighted by atomic mass is 19.1. The first-order valence-corrected chi connectivity index (χ1v) is 9.56. The van der Waals surface area contributed by atoms with Crippen LogP contribution in [0.4, 0.5) is 4.39 Å². The van der Waals surface area contributed by atoms with Gasteiger partial charge < -0.3 is 18.4 Å². The van der Waals surface area contributed by atoms with Crippen molar-refractivity contribution in [2.24, 2.45) is 0 Å². The maximum atomic E-state index is 13.3. The molecule has 0 radical (unpaired) electrons. The molecule has 4 aromatic rings. The Hall–Kier alpha value is -3.55. The summed E-state index contributed by atoms with van der Waals surface area (Å²) in [6.45, 7) is 5.16. The predicted octanol–water partition coefficient (Wildman–Crippen LogP) is 4.78. The van der Waals surface area contributed by atoms with Gasteiger partial charge in [-0.05, 0) is 44.2 Å². The van der Waals surface area contributed by atoms with Gasteiger partial charge >= 0.3 is 0 Å². The third kappa shape index (κ3) is 4.07. The summed E-state index contributed by atoms with van der Waals surface area (Å²) in [4.78, 5) is 16.9. The van der Waals surface area contributed by atoms with Crippen LogP contribution in [0.15, 0.2) is 62.5 Å². The van der Waals surface area contributed by atoms with E-state index in [0.717, 1.165) is 0 Å². The zero-order chi connectivity index (χ0) is 21.3. The van der Waals surface area contributed by atoms with Gasteiger partial charge in [0.2, 0.25) is 12.2 Å². The van der Waals surface area contributed by atoms with E-state index >= 15 is 0 Å². The first kappa shape index (κ1) is 19.8. The van der Waals surface area contributed by atoms with Crippen molar-refractivity contribution in [2.75, 3.05) is 0 Å². The lowest BCUT2D eigenvalue weighted by atomic mass is 10.2. The molecule has 2 aromatic carbocycles. The van der Waals surface area contributed by atoms with Gasteiger partial charge in [0.25, 0.3) is 5.56 Å². The van der Waals surface area contributed by atoms with Crippen LogP contribution in [0.25, 0.3) is 22.4 Å². The molecule has 156 valence electrons. The SMILES string of the molecule is CC(C)Oc1cc(-c2nc(Cn3oc4ccccc4c3=O)co2)ccc1OC(C)F. The Balaban J connectivity index is 1.61. The van der Waals surface area contributed by atoms with E-state index in [1.54, 1.807) is 42.5 Å². The quantitative estimate of drug-likeness (QED) is 0.435. The van der Waals surface area contributed by atoms with Crippen molar-refractivity contribution in [1.29, 1.82) is 0 Å². The van der Waals surface area contributed by atoms with E-state index in [1.165, 1.54) is 17.9 Å². The van der Waals surface area contributed by atoms with Crippen molar-refractivity contribution in [3.8, 4) is 23.0 Å². The van der Waals surface area contributed by atoms with Gasteiger partial charge in [0, 0.05) is 12.5 Å². The Bertz CT molecular complexity index is 1220. The van der Waals surface area contributed by atoms with E-state index in [2.05, 4.69) is 4.98 Å². The van der Waals surface area contributed by atoms with Gasteiger partial charge in [-0.2, -0.15) is 4.74 Å². The smallest absolute Gasteiger partial charge is 0.290 e. The van der Waals surface area contributed by atoms with Gasteiger partial charge in [-0.15, -0.1) is 0 Å². The van der Waals surface area contributed by atoms with Gasteiger partial charge in [0.1, 0.15) is 18.5 Å². The molecular formula is C22H21FN2O5. The summed E-state index contributed by atoms with van der Waals surface area (Å²) in [7, 11) is 0. The van der Waals surface area contributed by atoms with Crippen molar-refractivity contribution >= 4 is 11.0 Å². The molecular weight excluding hydrogens is 391 g/mol. The minimum atomic E-state index is -1.47. The zero-order valence-corrected chi connectivity index (χ0v) is 16.8. The molecule has 2 heterocycles. The number of halogens is 1. The molecule has 0 saturated carbocycles. The van der Waals surface area contributed by atoms with Crippen LogP contribution in [0.5, 0.6) is 11.5 Å². The van der Waals surface area contributed by atoms with Crippen LogP contribution in [0.1, 0.15) is 26.5 Å². The molecule has 0 amide bonds. The van der Waals surface area contributed by atoms with Gasteiger partial charge in [-0.25, -0.2) is 9.37 Å². The average Bonchev–Trinajstić information content (AvgIpc) is 3.28. The van der Waals surface area contributed by atoms with Gasteiger partial charge in [-0.1, -0.05) is 12.1 Å². The molecule has 0 spiro atoms. The molecule has 0 aliphatic carbocycles. The summed E-state index contributed by atoms with van der Waals surface area (Å²) in [5, 5.41) is 0.509. The zero-order valence-electron chi connectivity index (χ0n) is 16.8. The number of ether oxygens (including phenoxy) is 2. The van der Waals surface area contributed by atoms with Crippen molar-refractivity contribution < 1.29 is 22.8 Å². The summed E-state index contributed by atoms with van der Waals surface area (Å²) in [6, 6.07) is 12.0. The fourth-order valence-electron chi connectivity index (χ4n) is 3.04. The number of nitrogens with zero attached hydrogens (tertiary/aromatic N) is 2. The van der Waals surface area contributed by atoms with Crippen molar-refractivity contribution in [3.63, 3.8) is 0 Å². The molecule has 8 heteroatoms. The Morgan fingerprint density at radius 3 is 2.63 bits per heavy atom. The van der Waals surface area contributed by atoms with Crippen LogP contribution in [-0.2, 0) is 6.54 Å². The number of benzene rings is 2. The molecule has 30 heavy (non-hydrogen) atoms. The van der Waals surface area contributed by atoms with Crippen molar-refractivity contribution in [2.45, 2.75) is 39.8 Å². The number of rotatable bonds is 7. The van der Waals surface area contributed by atoms with E-state index in [0.29, 0.717) is 39.6 Å². The molecule has 0 aliphatic rings. The van der Waals surface area contributed by atoms with Crippen LogP contribution in [-0.4, -0.2) is 22.2 Å². The molecule has 0 N–H and O–H groups in total. The fraction of sp³-hybridized carbons (Fsp3) is 0.273. The van der Waals surface area contributed by atoms with Crippen molar-refractivity contribution in [1.82, 2.24) is 9.72 Å². The monoisotopic (exact) mass is 412 g/mol. The lowest BCUT2D eigenvalue weighted by Gasteiger charge is -2.16. The number of hydrogen-bond acceptors (Lipinski definition) is 6. The third-order valence-corrected chi connectivity index (χ3v) is 4.25. The van der Waals surface area contributed by atoms with E-state index in [9.17, 15) is 9.18 Å². The van der Waals surface area contributed by atoms with Crippen LogP contribution in [0.3, 0.4) is 0 Å². The summed E-state index contributed by atoms with van der Waals surface area (Å²) in [5.74, 6) is 1.02. The Kier molecular flexibility index (Phi) is 5.31. The van der Waals surface area contributed by atoms with E-state index in [4.69, 9.17) is 18.4 Å². The summed E-state index contributed by atoms with van der Waals surface area (Å²) >= 11 is 0. The van der Waals surface area contributed by atoms with Gasteiger partial charge in [-0.3, -0.25) is 4.79 Å². The normalized spacial score (nSPS) is 12.4. The molecule has 0 saturated heterocycles. The molecule has 0 fully saturated rings. The highest BCUT2D eigenvalue weighted by Crippen LogP contribution is 2.34. The second kappa shape index (κ2) is 8.06. The highest BCUT2D eigenvalue weighted by Gasteiger charge is 2.16. The molecule has 0 aliphatic heterocycles. The highest BCUT2D eigenvalue weighted by molar-refractivity contribution is 5.75. The van der Waals surface area contributed by atoms with Crippen LogP contribution < -0.4 is 15.0 Å². The minimum Gasteiger partial charge on any atom is -0.487 e. The van der Waals surface area contributed by atoms with Crippen LogP contribution in [0, 0.1) is 0 Å². The molecule has 4 rings (SSSR count). The lowest BCUT2D eigenvalue weighted by Crippen LogP contribution is -2.15. The van der Waals surface area contributed by atoms with E-state index in [1.807, 2.05) is 13.8 Å². The third-order valence-electron chi connectivity index (χ3n) is 4.25. The number of hydrogen-bond donors (Lipinski definition) is 0. The van der Waals surface area contributed by atoms with Gasteiger partial charge in [0.05, 0.1) is 11.5 Å². The molecule has 2 aromatic heterocycles. The van der Waals surface area contributed by atoms with Crippen molar-refractivity contribution in [3.05, 3.63) is 64.8 Å². The number of para-hydroxylation sites is 1. The maximum Gasteiger partial charge on any atom is 0.290 e. The molecule has 7 nitrogen and oxygen atoms in total. The molecule has 1 atom stereocenters. The summed E-state index contributed by atoms with van der Waals surface area (Å²) in [5.41, 5.74) is 1.44. The second-order valence-corrected chi connectivity index (χ2v) is 7.06. The van der Waals surface area contributed by atoms with E-state index in [-0.39, 0.29) is 18.2 Å². The van der Waals surface area contributed by atoms with Crippen LogP contribution >= 0.6 is 0 Å².